The minimum Gasteiger partial charge on any atom is -0.369 e. The quantitative estimate of drug-likeness (QED) is 0.514. The van der Waals surface area contributed by atoms with Gasteiger partial charge >= 0.3 is 0 Å². The number of hydrogen-bond donors (Lipinski definition) is 1. The predicted octanol–water partition coefficient (Wildman–Crippen LogP) is 1.50. The van der Waals surface area contributed by atoms with Gasteiger partial charge in [-0.3, -0.25) is 19.7 Å². The van der Waals surface area contributed by atoms with Gasteiger partial charge in [0.1, 0.15) is 5.69 Å². The molecule has 1 saturated heterocycles. The Bertz CT molecular complexity index is 600. The largest absolute Gasteiger partial charge is 0.369 e. The van der Waals surface area contributed by atoms with Gasteiger partial charge in [-0.05, 0) is 31.9 Å². The van der Waals surface area contributed by atoms with Crippen molar-refractivity contribution in [2.24, 2.45) is 11.7 Å². The van der Waals surface area contributed by atoms with E-state index in [9.17, 15) is 19.7 Å². The molecule has 1 aromatic rings. The first kappa shape index (κ1) is 15.0. The summed E-state index contributed by atoms with van der Waals surface area (Å²) in [5, 5.41) is 11.2. The summed E-state index contributed by atoms with van der Waals surface area (Å²) in [4.78, 5) is 35.2. The Hall–Kier alpha value is -2.44. The van der Waals surface area contributed by atoms with Crippen LogP contribution in [0.3, 0.4) is 0 Å². The van der Waals surface area contributed by atoms with E-state index in [1.165, 1.54) is 13.0 Å². The molecule has 1 heterocycles. The minimum atomic E-state index is -0.504. The average Bonchev–Trinajstić information content (AvgIpc) is 2.46. The minimum absolute atomic E-state index is 0.118. The van der Waals surface area contributed by atoms with E-state index in [0.717, 1.165) is 6.42 Å². The summed E-state index contributed by atoms with van der Waals surface area (Å²) in [6.07, 6.45) is 1.45. The van der Waals surface area contributed by atoms with Crippen LogP contribution in [0, 0.1) is 16.0 Å². The normalized spacial score (nSPS) is 18.3. The van der Waals surface area contributed by atoms with Gasteiger partial charge in [0.2, 0.25) is 5.91 Å². The van der Waals surface area contributed by atoms with Crippen LogP contribution < -0.4 is 10.6 Å². The van der Waals surface area contributed by atoms with Gasteiger partial charge < -0.3 is 10.6 Å². The Morgan fingerprint density at radius 1 is 1.43 bits per heavy atom. The number of carbonyl (C=O) groups is 2. The average molecular weight is 291 g/mol. The van der Waals surface area contributed by atoms with Gasteiger partial charge in [-0.15, -0.1) is 0 Å². The first-order valence-electron chi connectivity index (χ1n) is 6.73. The molecule has 2 rings (SSSR count). The number of nitrogens with zero attached hydrogens (tertiary/aromatic N) is 2. The number of nitro groups is 1. The number of ketones is 1. The molecule has 112 valence electrons. The number of anilines is 1. The maximum Gasteiger partial charge on any atom is 0.293 e. The van der Waals surface area contributed by atoms with Gasteiger partial charge in [-0.1, -0.05) is 0 Å². The zero-order valence-electron chi connectivity index (χ0n) is 11.7. The number of rotatable bonds is 4. The van der Waals surface area contributed by atoms with Gasteiger partial charge in [0.15, 0.2) is 5.78 Å². The van der Waals surface area contributed by atoms with Gasteiger partial charge in [-0.2, -0.15) is 0 Å². The molecule has 1 fully saturated rings. The predicted molar refractivity (Wildman–Crippen MR) is 77.2 cm³/mol. The Balaban J connectivity index is 2.36. The third kappa shape index (κ3) is 3.18. The van der Waals surface area contributed by atoms with Crippen molar-refractivity contribution in [3.8, 4) is 0 Å². The molecule has 2 N–H and O–H groups in total. The molecule has 1 aliphatic rings. The van der Waals surface area contributed by atoms with E-state index >= 15 is 0 Å². The van der Waals surface area contributed by atoms with Crippen LogP contribution in [0.4, 0.5) is 11.4 Å². The molecular weight excluding hydrogens is 274 g/mol. The lowest BCUT2D eigenvalue weighted by atomic mass is 9.96. The molecule has 0 aliphatic carbocycles. The molecule has 1 atom stereocenters. The fourth-order valence-electron chi connectivity index (χ4n) is 2.58. The third-order valence-corrected chi connectivity index (χ3v) is 3.74. The highest BCUT2D eigenvalue weighted by atomic mass is 16.6. The van der Waals surface area contributed by atoms with Crippen molar-refractivity contribution in [3.05, 3.63) is 33.9 Å². The maximum atomic E-state index is 11.4. The molecule has 21 heavy (non-hydrogen) atoms. The summed E-state index contributed by atoms with van der Waals surface area (Å²) < 4.78 is 0. The van der Waals surface area contributed by atoms with Gasteiger partial charge in [0.25, 0.3) is 5.69 Å². The molecule has 0 bridgehead atoms. The second-order valence-corrected chi connectivity index (χ2v) is 5.20. The molecular formula is C14H17N3O4. The Morgan fingerprint density at radius 3 is 2.71 bits per heavy atom. The zero-order chi connectivity index (χ0) is 15.6. The summed E-state index contributed by atoms with van der Waals surface area (Å²) in [5.41, 5.74) is 5.93. The summed E-state index contributed by atoms with van der Waals surface area (Å²) in [7, 11) is 0. The van der Waals surface area contributed by atoms with E-state index in [0.29, 0.717) is 30.8 Å². The molecule has 0 radical (unpaired) electrons. The van der Waals surface area contributed by atoms with E-state index in [-0.39, 0.29) is 23.3 Å². The summed E-state index contributed by atoms with van der Waals surface area (Å²) in [6.45, 7) is 2.36. The van der Waals surface area contributed by atoms with E-state index < -0.39 is 4.92 Å². The highest BCUT2D eigenvalue weighted by Gasteiger charge is 2.28. The number of carbonyl (C=O) groups excluding carboxylic acids is 2. The SMILES string of the molecule is CC(=O)c1ccc(N2CCC[C@H](C(N)=O)C2)c([N+](=O)[O-])c1. The van der Waals surface area contributed by atoms with Crippen molar-refractivity contribution < 1.29 is 14.5 Å². The molecule has 7 heteroatoms. The molecule has 1 aromatic carbocycles. The molecule has 7 nitrogen and oxygen atoms in total. The number of nitrogens with two attached hydrogens (primary N) is 1. The fraction of sp³-hybridized carbons (Fsp3) is 0.429. The van der Waals surface area contributed by atoms with Crippen molar-refractivity contribution in [2.75, 3.05) is 18.0 Å². The van der Waals surface area contributed by atoms with Crippen molar-refractivity contribution in [1.29, 1.82) is 0 Å². The first-order valence-corrected chi connectivity index (χ1v) is 6.73. The van der Waals surface area contributed by atoms with Crippen LogP contribution in [0.2, 0.25) is 0 Å². The highest BCUT2D eigenvalue weighted by molar-refractivity contribution is 5.95. The second kappa shape index (κ2) is 5.90. The number of Topliss-reactive ketones (excluding diaryl/α,β-unsaturated/α-hetero) is 1. The first-order chi connectivity index (χ1) is 9.90. The maximum absolute atomic E-state index is 11.4. The monoisotopic (exact) mass is 291 g/mol. The topological polar surface area (TPSA) is 107 Å². The van der Waals surface area contributed by atoms with Crippen molar-refractivity contribution in [2.45, 2.75) is 19.8 Å². The Labute approximate surface area is 121 Å². The summed E-state index contributed by atoms with van der Waals surface area (Å²) >= 11 is 0. The molecule has 0 aromatic heterocycles. The van der Waals surface area contributed by atoms with Crippen LogP contribution in [-0.2, 0) is 4.79 Å². The van der Waals surface area contributed by atoms with Crippen molar-refractivity contribution in [3.63, 3.8) is 0 Å². The third-order valence-electron chi connectivity index (χ3n) is 3.74. The zero-order valence-corrected chi connectivity index (χ0v) is 11.7. The van der Waals surface area contributed by atoms with Crippen LogP contribution in [0.1, 0.15) is 30.1 Å². The van der Waals surface area contributed by atoms with Crippen LogP contribution in [0.5, 0.6) is 0 Å². The van der Waals surface area contributed by atoms with Crippen LogP contribution in [0.15, 0.2) is 18.2 Å². The van der Waals surface area contributed by atoms with Crippen LogP contribution in [-0.4, -0.2) is 29.7 Å². The van der Waals surface area contributed by atoms with Gasteiger partial charge in [-0.25, -0.2) is 0 Å². The summed E-state index contributed by atoms with van der Waals surface area (Å²) in [5.74, 6) is -0.910. The van der Waals surface area contributed by atoms with E-state index in [1.54, 1.807) is 17.0 Å². The number of amides is 1. The Kier molecular flexibility index (Phi) is 4.21. The number of piperidine rings is 1. The molecule has 0 unspecified atom stereocenters. The number of benzene rings is 1. The number of nitro benzene ring substituents is 1. The Morgan fingerprint density at radius 2 is 2.14 bits per heavy atom. The van der Waals surface area contributed by atoms with Crippen molar-refractivity contribution in [1.82, 2.24) is 0 Å². The van der Waals surface area contributed by atoms with Crippen LogP contribution >= 0.6 is 0 Å². The lowest BCUT2D eigenvalue weighted by Gasteiger charge is -2.32. The smallest absolute Gasteiger partial charge is 0.293 e. The molecule has 1 aliphatic heterocycles. The fourth-order valence-corrected chi connectivity index (χ4v) is 2.58. The van der Waals surface area contributed by atoms with E-state index in [1.807, 2.05) is 0 Å². The number of hydrogen-bond acceptors (Lipinski definition) is 5. The standard InChI is InChI=1S/C14H17N3O4/c1-9(18)10-4-5-12(13(7-10)17(20)21)16-6-2-3-11(8-16)14(15)19/h4-5,7,11H,2-3,6,8H2,1H3,(H2,15,19)/t11-/m0/s1. The van der Waals surface area contributed by atoms with E-state index in [4.69, 9.17) is 5.73 Å². The highest BCUT2D eigenvalue weighted by Crippen LogP contribution is 2.32. The molecule has 0 saturated carbocycles. The van der Waals surface area contributed by atoms with Crippen molar-refractivity contribution >= 4 is 23.1 Å². The summed E-state index contributed by atoms with van der Waals surface area (Å²) in [6, 6.07) is 4.42. The molecule has 1 amide bonds. The molecule has 0 spiro atoms. The lowest BCUT2D eigenvalue weighted by Crippen LogP contribution is -2.41. The van der Waals surface area contributed by atoms with Gasteiger partial charge in [0, 0.05) is 24.7 Å². The van der Waals surface area contributed by atoms with E-state index in [2.05, 4.69) is 0 Å². The second-order valence-electron chi connectivity index (χ2n) is 5.20. The van der Waals surface area contributed by atoms with Crippen LogP contribution in [0.25, 0.3) is 0 Å². The number of primary amides is 1. The lowest BCUT2D eigenvalue weighted by molar-refractivity contribution is -0.384. The van der Waals surface area contributed by atoms with Gasteiger partial charge in [0.05, 0.1) is 10.8 Å².